The first-order chi connectivity index (χ1) is 9.44. The Hall–Kier alpha value is -1.75. The van der Waals surface area contributed by atoms with Crippen molar-refractivity contribution in [3.63, 3.8) is 0 Å². The van der Waals surface area contributed by atoms with Crippen molar-refractivity contribution in [2.45, 2.75) is 31.2 Å². The number of carbonyl (C=O) groups excluding carboxylic acids is 1. The average molecular weight is 277 g/mol. The van der Waals surface area contributed by atoms with E-state index in [0.717, 1.165) is 12.8 Å². The van der Waals surface area contributed by atoms with Gasteiger partial charge in [0.05, 0.1) is 5.56 Å². The molecule has 2 rings (SSSR count). The highest BCUT2D eigenvalue weighted by Crippen LogP contribution is 2.33. The zero-order valence-electron chi connectivity index (χ0n) is 12.1. The maximum absolute atomic E-state index is 12.2. The average Bonchev–Trinajstić information content (AvgIpc) is 2.89. The third-order valence-corrected chi connectivity index (χ3v) is 4.34. The molecule has 1 aromatic carbocycles. The largest absolute Gasteiger partial charge is 0.508 e. The molecule has 4 N–H and O–H groups in total. The van der Waals surface area contributed by atoms with Gasteiger partial charge in [-0.3, -0.25) is 4.79 Å². The van der Waals surface area contributed by atoms with E-state index in [4.69, 9.17) is 5.73 Å². The van der Waals surface area contributed by atoms with Gasteiger partial charge in [0.2, 0.25) is 0 Å². The highest BCUT2D eigenvalue weighted by molar-refractivity contribution is 5.99. The van der Waals surface area contributed by atoms with Gasteiger partial charge in [-0.05, 0) is 45.1 Å². The summed E-state index contributed by atoms with van der Waals surface area (Å²) in [5.74, 6) is -0.181. The smallest absolute Gasteiger partial charge is 0.253 e. The number of aromatic hydroxyl groups is 1. The number of rotatable bonds is 4. The minimum Gasteiger partial charge on any atom is -0.508 e. The maximum atomic E-state index is 12.2. The van der Waals surface area contributed by atoms with Crippen LogP contribution in [0.25, 0.3) is 0 Å². The molecule has 5 heteroatoms. The minimum atomic E-state index is -0.230. The number of hydrogen-bond donors (Lipinski definition) is 3. The molecule has 0 atom stereocenters. The van der Waals surface area contributed by atoms with Crippen LogP contribution in [0.3, 0.4) is 0 Å². The molecule has 1 fully saturated rings. The number of nitrogens with one attached hydrogen (secondary N) is 1. The predicted octanol–water partition coefficient (Wildman–Crippen LogP) is 1.58. The van der Waals surface area contributed by atoms with Crippen molar-refractivity contribution in [3.05, 3.63) is 23.8 Å². The van der Waals surface area contributed by atoms with Crippen molar-refractivity contribution >= 4 is 11.6 Å². The normalized spacial score (nSPS) is 17.4. The van der Waals surface area contributed by atoms with E-state index in [2.05, 4.69) is 24.3 Å². The Morgan fingerprint density at radius 3 is 2.65 bits per heavy atom. The zero-order valence-corrected chi connectivity index (χ0v) is 12.1. The predicted molar refractivity (Wildman–Crippen MR) is 79.7 cm³/mol. The van der Waals surface area contributed by atoms with E-state index in [0.29, 0.717) is 17.8 Å². The molecule has 1 aromatic rings. The molecule has 1 amide bonds. The first-order valence-corrected chi connectivity index (χ1v) is 6.99. The second-order valence-electron chi connectivity index (χ2n) is 5.78. The summed E-state index contributed by atoms with van der Waals surface area (Å²) in [7, 11) is 4.11. The number of hydrogen-bond acceptors (Lipinski definition) is 4. The van der Waals surface area contributed by atoms with E-state index in [-0.39, 0.29) is 17.2 Å². The third-order valence-electron chi connectivity index (χ3n) is 4.34. The fourth-order valence-corrected chi connectivity index (χ4v) is 2.90. The molecule has 0 aliphatic heterocycles. The number of nitrogen functional groups attached to an aromatic ring is 1. The van der Waals surface area contributed by atoms with Gasteiger partial charge in [0, 0.05) is 17.8 Å². The molecule has 0 aromatic heterocycles. The van der Waals surface area contributed by atoms with Crippen molar-refractivity contribution in [1.29, 1.82) is 0 Å². The molecule has 110 valence electrons. The summed E-state index contributed by atoms with van der Waals surface area (Å²) in [6.45, 7) is 0.605. The molecule has 5 nitrogen and oxygen atoms in total. The molecule has 0 spiro atoms. The number of anilines is 1. The highest BCUT2D eigenvalue weighted by atomic mass is 16.3. The van der Waals surface area contributed by atoms with Crippen LogP contribution in [-0.2, 0) is 0 Å². The van der Waals surface area contributed by atoms with E-state index in [1.54, 1.807) is 6.07 Å². The lowest BCUT2D eigenvalue weighted by molar-refractivity contribution is 0.0900. The van der Waals surface area contributed by atoms with Crippen LogP contribution in [0.1, 0.15) is 36.0 Å². The summed E-state index contributed by atoms with van der Waals surface area (Å²) < 4.78 is 0. The molecule has 0 heterocycles. The number of nitrogens with two attached hydrogens (primary N) is 1. The van der Waals surface area contributed by atoms with Gasteiger partial charge in [0.1, 0.15) is 5.75 Å². The third kappa shape index (κ3) is 2.88. The van der Waals surface area contributed by atoms with Crippen LogP contribution >= 0.6 is 0 Å². The Bertz CT molecular complexity index is 494. The van der Waals surface area contributed by atoms with Crippen molar-refractivity contribution < 1.29 is 9.90 Å². The van der Waals surface area contributed by atoms with Gasteiger partial charge in [-0.15, -0.1) is 0 Å². The number of benzene rings is 1. The molecule has 1 aliphatic rings. The van der Waals surface area contributed by atoms with Crippen molar-refractivity contribution in [1.82, 2.24) is 10.2 Å². The van der Waals surface area contributed by atoms with Gasteiger partial charge in [0.25, 0.3) is 5.91 Å². The molecule has 0 bridgehead atoms. The molecular weight excluding hydrogens is 254 g/mol. The molecular formula is C15H23N3O2. The Kier molecular flexibility index (Phi) is 4.18. The first-order valence-electron chi connectivity index (χ1n) is 6.99. The standard InChI is InChI=1S/C15H23N3O2/c1-18(2)15(7-3-4-8-15)10-17-14(20)12-9-11(19)5-6-13(12)16/h5-6,9,19H,3-4,7-8,10,16H2,1-2H3,(H,17,20). The molecule has 0 radical (unpaired) electrons. The summed E-state index contributed by atoms with van der Waals surface area (Å²) in [5, 5.41) is 12.4. The van der Waals surface area contributed by atoms with E-state index < -0.39 is 0 Å². The Morgan fingerprint density at radius 1 is 1.40 bits per heavy atom. The number of carbonyl (C=O) groups is 1. The van der Waals surface area contributed by atoms with Crippen LogP contribution in [0.4, 0.5) is 5.69 Å². The molecule has 0 saturated heterocycles. The van der Waals surface area contributed by atoms with Crippen LogP contribution in [-0.4, -0.2) is 42.1 Å². The molecule has 1 saturated carbocycles. The number of amides is 1. The number of nitrogens with zero attached hydrogens (tertiary/aromatic N) is 1. The molecule has 0 unspecified atom stereocenters. The quantitative estimate of drug-likeness (QED) is 0.577. The summed E-state index contributed by atoms with van der Waals surface area (Å²) >= 11 is 0. The topological polar surface area (TPSA) is 78.6 Å². The van der Waals surface area contributed by atoms with Gasteiger partial charge < -0.3 is 21.1 Å². The Morgan fingerprint density at radius 2 is 2.05 bits per heavy atom. The van der Waals surface area contributed by atoms with Gasteiger partial charge in [-0.1, -0.05) is 12.8 Å². The van der Waals surface area contributed by atoms with Gasteiger partial charge in [-0.2, -0.15) is 0 Å². The SMILES string of the molecule is CN(C)C1(CNC(=O)c2cc(O)ccc2N)CCCC1. The van der Waals surface area contributed by atoms with Gasteiger partial charge >= 0.3 is 0 Å². The Labute approximate surface area is 119 Å². The van der Waals surface area contributed by atoms with E-state index in [1.165, 1.54) is 25.0 Å². The molecule has 20 heavy (non-hydrogen) atoms. The lowest BCUT2D eigenvalue weighted by Gasteiger charge is -2.36. The number of likely N-dealkylation sites (N-methyl/N-ethyl adjacent to an activating group) is 1. The number of phenols is 1. The lowest BCUT2D eigenvalue weighted by Crippen LogP contribution is -2.50. The second kappa shape index (κ2) is 5.71. The minimum absolute atomic E-state index is 0.0429. The Balaban J connectivity index is 2.06. The lowest BCUT2D eigenvalue weighted by atomic mass is 9.96. The van der Waals surface area contributed by atoms with Gasteiger partial charge in [0.15, 0.2) is 0 Å². The first kappa shape index (κ1) is 14.7. The van der Waals surface area contributed by atoms with Crippen LogP contribution in [0, 0.1) is 0 Å². The second-order valence-corrected chi connectivity index (χ2v) is 5.78. The van der Waals surface area contributed by atoms with E-state index in [1.807, 2.05) is 0 Å². The van der Waals surface area contributed by atoms with Crippen molar-refractivity contribution in [2.75, 3.05) is 26.4 Å². The van der Waals surface area contributed by atoms with Crippen molar-refractivity contribution in [2.24, 2.45) is 0 Å². The van der Waals surface area contributed by atoms with E-state index in [9.17, 15) is 9.90 Å². The monoisotopic (exact) mass is 277 g/mol. The summed E-state index contributed by atoms with van der Waals surface area (Å²) in [6, 6.07) is 4.42. The molecule has 1 aliphatic carbocycles. The van der Waals surface area contributed by atoms with Crippen LogP contribution in [0.15, 0.2) is 18.2 Å². The fraction of sp³-hybridized carbons (Fsp3) is 0.533. The van der Waals surface area contributed by atoms with Crippen molar-refractivity contribution in [3.8, 4) is 5.75 Å². The van der Waals surface area contributed by atoms with Gasteiger partial charge in [-0.25, -0.2) is 0 Å². The van der Waals surface area contributed by atoms with Crippen LogP contribution < -0.4 is 11.1 Å². The van der Waals surface area contributed by atoms with Crippen LogP contribution in [0.2, 0.25) is 0 Å². The fourth-order valence-electron chi connectivity index (χ4n) is 2.90. The number of phenolic OH excluding ortho intramolecular Hbond substituents is 1. The maximum Gasteiger partial charge on any atom is 0.253 e. The van der Waals surface area contributed by atoms with E-state index >= 15 is 0 Å². The van der Waals surface area contributed by atoms with Crippen LogP contribution in [0.5, 0.6) is 5.75 Å². The zero-order chi connectivity index (χ0) is 14.8. The highest BCUT2D eigenvalue weighted by Gasteiger charge is 2.36. The summed E-state index contributed by atoms with van der Waals surface area (Å²) in [4.78, 5) is 14.4. The summed E-state index contributed by atoms with van der Waals surface area (Å²) in [6.07, 6.45) is 4.58. The summed E-state index contributed by atoms with van der Waals surface area (Å²) in [5.41, 5.74) is 6.54.